The van der Waals surface area contributed by atoms with Crippen LogP contribution in [0, 0.1) is 15.9 Å². The lowest BCUT2D eigenvalue weighted by molar-refractivity contribution is -0.385. The molecule has 0 spiro atoms. The molecule has 110 valence electrons. The predicted molar refractivity (Wildman–Crippen MR) is 74.5 cm³/mol. The Balaban J connectivity index is 2.23. The maximum Gasteiger partial charge on any atom is 0.270 e. The smallest absolute Gasteiger partial charge is 0.270 e. The van der Waals surface area contributed by atoms with Crippen LogP contribution in [0.4, 0.5) is 10.1 Å². The molecule has 0 radical (unpaired) electrons. The van der Waals surface area contributed by atoms with E-state index in [9.17, 15) is 19.6 Å². The van der Waals surface area contributed by atoms with Crippen molar-refractivity contribution in [3.8, 4) is 5.75 Å². The Hall–Kier alpha value is -2.47. The Morgan fingerprint density at radius 1 is 1.33 bits per heavy atom. The summed E-state index contributed by atoms with van der Waals surface area (Å²) in [5.74, 6) is -0.100. The fraction of sp³-hybridized carbons (Fsp3) is 0.200. The van der Waals surface area contributed by atoms with Crippen molar-refractivity contribution in [3.63, 3.8) is 0 Å². The molecule has 0 aliphatic heterocycles. The van der Waals surface area contributed by atoms with Crippen LogP contribution in [-0.2, 0) is 6.61 Å². The van der Waals surface area contributed by atoms with Crippen molar-refractivity contribution < 1.29 is 19.2 Å². The highest BCUT2D eigenvalue weighted by Gasteiger charge is 2.15. The number of halogens is 1. The summed E-state index contributed by atoms with van der Waals surface area (Å²) in [6.07, 6.45) is -0.930. The number of nitro groups is 1. The lowest BCUT2D eigenvalue weighted by Gasteiger charge is -2.13. The molecule has 0 heterocycles. The molecule has 2 aromatic rings. The van der Waals surface area contributed by atoms with Gasteiger partial charge in [0.25, 0.3) is 5.69 Å². The van der Waals surface area contributed by atoms with Crippen molar-refractivity contribution in [2.45, 2.75) is 19.6 Å². The molecule has 5 nitrogen and oxygen atoms in total. The molecule has 0 aromatic heterocycles. The van der Waals surface area contributed by atoms with E-state index in [0.717, 1.165) is 0 Å². The Kier molecular flexibility index (Phi) is 4.49. The summed E-state index contributed by atoms with van der Waals surface area (Å²) in [5, 5.41) is 20.4. The first-order valence-corrected chi connectivity index (χ1v) is 6.31. The van der Waals surface area contributed by atoms with Gasteiger partial charge < -0.3 is 9.84 Å². The quantitative estimate of drug-likeness (QED) is 0.677. The second kappa shape index (κ2) is 6.32. The van der Waals surface area contributed by atoms with E-state index >= 15 is 0 Å². The number of aliphatic hydroxyl groups is 1. The van der Waals surface area contributed by atoms with E-state index < -0.39 is 16.8 Å². The number of non-ortho nitro benzene ring substituents is 1. The molecular formula is C15H14FNO4. The van der Waals surface area contributed by atoms with Gasteiger partial charge in [-0.1, -0.05) is 18.2 Å². The molecule has 1 atom stereocenters. The van der Waals surface area contributed by atoms with Gasteiger partial charge in [0.15, 0.2) is 0 Å². The van der Waals surface area contributed by atoms with Crippen LogP contribution >= 0.6 is 0 Å². The number of hydrogen-bond acceptors (Lipinski definition) is 4. The SMILES string of the molecule is C[C@H](O)c1cc([N+](=O)[O-])ccc1OCc1ccccc1F. The van der Waals surface area contributed by atoms with Crippen molar-refractivity contribution in [3.05, 3.63) is 69.5 Å². The molecule has 6 heteroatoms. The molecule has 0 unspecified atom stereocenters. The average molecular weight is 291 g/mol. The molecular weight excluding hydrogens is 277 g/mol. The van der Waals surface area contributed by atoms with Crippen LogP contribution in [0.2, 0.25) is 0 Å². The van der Waals surface area contributed by atoms with Gasteiger partial charge >= 0.3 is 0 Å². The van der Waals surface area contributed by atoms with Crippen LogP contribution in [0.5, 0.6) is 5.75 Å². The fourth-order valence-corrected chi connectivity index (χ4v) is 1.88. The zero-order valence-corrected chi connectivity index (χ0v) is 11.3. The molecule has 0 saturated heterocycles. The molecule has 0 aliphatic carbocycles. The van der Waals surface area contributed by atoms with Gasteiger partial charge in [0.2, 0.25) is 0 Å². The molecule has 0 bridgehead atoms. The van der Waals surface area contributed by atoms with Gasteiger partial charge in [-0.3, -0.25) is 10.1 Å². The molecule has 0 saturated carbocycles. The van der Waals surface area contributed by atoms with E-state index in [2.05, 4.69) is 0 Å². The number of rotatable bonds is 5. The third-order valence-electron chi connectivity index (χ3n) is 3.00. The van der Waals surface area contributed by atoms with Crippen molar-refractivity contribution in [2.75, 3.05) is 0 Å². The van der Waals surface area contributed by atoms with Gasteiger partial charge in [0.05, 0.1) is 11.0 Å². The third kappa shape index (κ3) is 3.55. The standard InChI is InChI=1S/C15H14FNO4/c1-10(18)13-8-12(17(19)20)6-7-15(13)21-9-11-4-2-3-5-14(11)16/h2-8,10,18H,9H2,1H3/t10-/m0/s1. The number of nitro benzene ring substituents is 1. The zero-order chi connectivity index (χ0) is 15.4. The van der Waals surface area contributed by atoms with Gasteiger partial charge in [-0.2, -0.15) is 0 Å². The largest absolute Gasteiger partial charge is 0.488 e. The van der Waals surface area contributed by atoms with E-state index in [-0.39, 0.29) is 12.3 Å². The van der Waals surface area contributed by atoms with Crippen LogP contribution in [-0.4, -0.2) is 10.0 Å². The van der Waals surface area contributed by atoms with Gasteiger partial charge in [-0.05, 0) is 19.1 Å². The minimum Gasteiger partial charge on any atom is -0.488 e. The molecule has 2 rings (SSSR count). The van der Waals surface area contributed by atoms with Crippen molar-refractivity contribution in [1.82, 2.24) is 0 Å². The van der Waals surface area contributed by atoms with E-state index in [1.54, 1.807) is 18.2 Å². The second-order valence-corrected chi connectivity index (χ2v) is 4.54. The number of hydrogen-bond donors (Lipinski definition) is 1. The predicted octanol–water partition coefficient (Wildman–Crippen LogP) is 3.37. The van der Waals surface area contributed by atoms with Crippen molar-refractivity contribution >= 4 is 5.69 Å². The van der Waals surface area contributed by atoms with Crippen LogP contribution in [0.3, 0.4) is 0 Å². The second-order valence-electron chi connectivity index (χ2n) is 4.54. The first kappa shape index (κ1) is 14.9. The lowest BCUT2D eigenvalue weighted by atomic mass is 10.1. The number of benzene rings is 2. The molecule has 21 heavy (non-hydrogen) atoms. The van der Waals surface area contributed by atoms with Gasteiger partial charge in [-0.25, -0.2) is 4.39 Å². The Labute approximate surface area is 120 Å². The summed E-state index contributed by atoms with van der Waals surface area (Å²) in [4.78, 5) is 10.2. The molecule has 2 aromatic carbocycles. The van der Waals surface area contributed by atoms with E-state index in [0.29, 0.717) is 16.9 Å². The van der Waals surface area contributed by atoms with E-state index in [4.69, 9.17) is 4.74 Å². The zero-order valence-electron chi connectivity index (χ0n) is 11.3. The molecule has 0 aliphatic rings. The first-order chi connectivity index (χ1) is 9.99. The highest BCUT2D eigenvalue weighted by molar-refractivity contribution is 5.45. The maximum absolute atomic E-state index is 13.5. The third-order valence-corrected chi connectivity index (χ3v) is 3.00. The minimum atomic E-state index is -0.930. The van der Waals surface area contributed by atoms with E-state index in [1.165, 1.54) is 31.2 Å². The summed E-state index contributed by atoms with van der Waals surface area (Å²) in [6, 6.07) is 10.1. The summed E-state index contributed by atoms with van der Waals surface area (Å²) >= 11 is 0. The fourth-order valence-electron chi connectivity index (χ4n) is 1.88. The lowest BCUT2D eigenvalue weighted by Crippen LogP contribution is -2.03. The topological polar surface area (TPSA) is 72.6 Å². The van der Waals surface area contributed by atoms with Crippen LogP contribution in [0.25, 0.3) is 0 Å². The Morgan fingerprint density at radius 3 is 2.67 bits per heavy atom. The normalized spacial score (nSPS) is 12.0. The number of ether oxygens (including phenoxy) is 1. The van der Waals surface area contributed by atoms with Crippen LogP contribution in [0.1, 0.15) is 24.2 Å². The first-order valence-electron chi connectivity index (χ1n) is 6.31. The van der Waals surface area contributed by atoms with Gasteiger partial charge in [-0.15, -0.1) is 0 Å². The van der Waals surface area contributed by atoms with Crippen LogP contribution in [0.15, 0.2) is 42.5 Å². The highest BCUT2D eigenvalue weighted by atomic mass is 19.1. The average Bonchev–Trinajstić information content (AvgIpc) is 2.46. The minimum absolute atomic E-state index is 0.0236. The summed E-state index contributed by atoms with van der Waals surface area (Å²) in [6.45, 7) is 1.46. The summed E-state index contributed by atoms with van der Waals surface area (Å²) in [5.41, 5.74) is 0.525. The van der Waals surface area contributed by atoms with Crippen molar-refractivity contribution in [2.24, 2.45) is 0 Å². The summed E-state index contributed by atoms with van der Waals surface area (Å²) < 4.78 is 19.0. The summed E-state index contributed by atoms with van der Waals surface area (Å²) in [7, 11) is 0. The van der Waals surface area contributed by atoms with Gasteiger partial charge in [0, 0.05) is 23.3 Å². The molecule has 1 N–H and O–H groups in total. The van der Waals surface area contributed by atoms with E-state index in [1.807, 2.05) is 0 Å². The number of nitrogens with zero attached hydrogens (tertiary/aromatic N) is 1. The monoisotopic (exact) mass is 291 g/mol. The molecule has 0 fully saturated rings. The highest BCUT2D eigenvalue weighted by Crippen LogP contribution is 2.30. The van der Waals surface area contributed by atoms with Crippen LogP contribution < -0.4 is 4.74 Å². The number of aliphatic hydroxyl groups excluding tert-OH is 1. The van der Waals surface area contributed by atoms with Crippen molar-refractivity contribution in [1.29, 1.82) is 0 Å². The maximum atomic E-state index is 13.5. The van der Waals surface area contributed by atoms with Gasteiger partial charge in [0.1, 0.15) is 18.2 Å². The Bertz CT molecular complexity index is 658. The molecule has 0 amide bonds. The Morgan fingerprint density at radius 2 is 2.05 bits per heavy atom.